The number of ether oxygens (including phenoxy) is 2. The molecule has 0 atom stereocenters. The minimum atomic E-state index is -0.208. The lowest BCUT2D eigenvalue weighted by molar-refractivity contribution is 0.228. The van der Waals surface area contributed by atoms with Crippen molar-refractivity contribution < 1.29 is 13.9 Å². The molecule has 0 spiro atoms. The normalized spacial score (nSPS) is 14.5. The molecule has 2 aromatic carbocycles. The molecule has 0 N–H and O–H groups in total. The summed E-state index contributed by atoms with van der Waals surface area (Å²) in [5.74, 6) is 0.817. The molecule has 0 unspecified atom stereocenters. The molecule has 3 heterocycles. The van der Waals surface area contributed by atoms with Crippen LogP contribution in [0.2, 0.25) is 0 Å². The zero-order valence-electron chi connectivity index (χ0n) is 21.6. The highest BCUT2D eigenvalue weighted by Crippen LogP contribution is 2.33. The van der Waals surface area contributed by atoms with E-state index in [0.29, 0.717) is 41.6 Å². The molecule has 1 aliphatic rings. The quantitative estimate of drug-likeness (QED) is 0.362. The third kappa shape index (κ3) is 4.65. The fourth-order valence-electron chi connectivity index (χ4n) is 5.27. The molecule has 4 aromatic rings. The maximum atomic E-state index is 14.6. The van der Waals surface area contributed by atoms with E-state index in [1.54, 1.807) is 30.1 Å². The molecule has 0 aliphatic carbocycles. The number of nitrogens with zero attached hydrogens (tertiary/aromatic N) is 5. The first-order valence-corrected chi connectivity index (χ1v) is 12.6. The molecule has 1 fully saturated rings. The number of fused-ring (bicyclic) bond motifs is 1. The van der Waals surface area contributed by atoms with Crippen molar-refractivity contribution in [2.24, 2.45) is 0 Å². The second-order valence-electron chi connectivity index (χ2n) is 9.67. The number of methoxy groups -OCH3 is 1. The zero-order valence-corrected chi connectivity index (χ0v) is 21.6. The summed E-state index contributed by atoms with van der Waals surface area (Å²) in [5, 5.41) is 0. The van der Waals surface area contributed by atoms with Crippen LogP contribution in [0.5, 0.6) is 11.6 Å². The lowest BCUT2D eigenvalue weighted by Crippen LogP contribution is -2.38. The fraction of sp³-hybridized carbons (Fsp3) is 0.393. The van der Waals surface area contributed by atoms with Crippen LogP contribution in [-0.2, 0) is 6.54 Å². The van der Waals surface area contributed by atoms with Gasteiger partial charge in [0.15, 0.2) is 0 Å². The van der Waals surface area contributed by atoms with Crippen LogP contribution >= 0.6 is 0 Å². The van der Waals surface area contributed by atoms with Gasteiger partial charge >= 0.3 is 5.69 Å². The summed E-state index contributed by atoms with van der Waals surface area (Å²) < 4.78 is 29.7. The number of halogens is 1. The maximum Gasteiger partial charge on any atom is 0.329 e. The van der Waals surface area contributed by atoms with E-state index < -0.39 is 0 Å². The SMILES string of the molecule is COc1cccc2c1n(Cc1nccnc1OC(C)C)c(=O)n2C1CCN(c2c(C)cccc2F)CC1. The van der Waals surface area contributed by atoms with Gasteiger partial charge in [0.05, 0.1) is 31.0 Å². The predicted molar refractivity (Wildman–Crippen MR) is 141 cm³/mol. The van der Waals surface area contributed by atoms with Gasteiger partial charge in [0.1, 0.15) is 22.8 Å². The molecule has 0 radical (unpaired) electrons. The third-order valence-corrected chi connectivity index (χ3v) is 6.89. The van der Waals surface area contributed by atoms with Crippen LogP contribution in [0.15, 0.2) is 53.6 Å². The summed E-state index contributed by atoms with van der Waals surface area (Å²) in [6.07, 6.45) is 4.54. The van der Waals surface area contributed by atoms with Gasteiger partial charge < -0.3 is 14.4 Å². The lowest BCUT2D eigenvalue weighted by Gasteiger charge is -2.35. The Balaban J connectivity index is 1.52. The number of anilines is 1. The second-order valence-corrected chi connectivity index (χ2v) is 9.67. The maximum absolute atomic E-state index is 14.6. The van der Waals surface area contributed by atoms with Crippen LogP contribution in [-0.4, -0.2) is 45.4 Å². The van der Waals surface area contributed by atoms with E-state index >= 15 is 0 Å². The molecule has 0 amide bonds. The lowest BCUT2D eigenvalue weighted by atomic mass is 10.0. The Labute approximate surface area is 215 Å². The summed E-state index contributed by atoms with van der Waals surface area (Å²) in [7, 11) is 1.60. The van der Waals surface area contributed by atoms with E-state index in [-0.39, 0.29) is 30.2 Å². The zero-order chi connectivity index (χ0) is 26.1. The van der Waals surface area contributed by atoms with Crippen molar-refractivity contribution in [3.63, 3.8) is 0 Å². The average molecular weight is 506 g/mol. The van der Waals surface area contributed by atoms with E-state index in [1.165, 1.54) is 6.07 Å². The standard InChI is InChI=1S/C28H32FN5O3/c1-18(2)37-27-22(30-13-14-31-27)17-33-26-23(9-6-10-24(26)36-4)34(28(33)35)20-11-15-32(16-12-20)25-19(3)7-5-8-21(25)29/h5-10,13-14,18,20H,11-12,15-17H2,1-4H3. The summed E-state index contributed by atoms with van der Waals surface area (Å²) in [6.45, 7) is 7.30. The Hall–Kier alpha value is -3.88. The summed E-state index contributed by atoms with van der Waals surface area (Å²) in [6, 6.07) is 10.8. The monoisotopic (exact) mass is 505 g/mol. The Morgan fingerprint density at radius 1 is 1.08 bits per heavy atom. The number of piperidine rings is 1. The Morgan fingerprint density at radius 3 is 2.51 bits per heavy atom. The Kier molecular flexibility index (Phi) is 6.86. The van der Waals surface area contributed by atoms with Crippen LogP contribution in [0.4, 0.5) is 10.1 Å². The van der Waals surface area contributed by atoms with Crippen LogP contribution in [0.25, 0.3) is 11.0 Å². The van der Waals surface area contributed by atoms with Gasteiger partial charge in [-0.25, -0.2) is 14.2 Å². The summed E-state index contributed by atoms with van der Waals surface area (Å²) in [5.41, 5.74) is 3.52. The average Bonchev–Trinajstić information content (AvgIpc) is 3.16. The molecule has 0 saturated carbocycles. The largest absolute Gasteiger partial charge is 0.494 e. The highest BCUT2D eigenvalue weighted by Gasteiger charge is 2.28. The molecule has 2 aromatic heterocycles. The van der Waals surface area contributed by atoms with Crippen molar-refractivity contribution in [1.82, 2.24) is 19.1 Å². The van der Waals surface area contributed by atoms with Crippen LogP contribution in [0, 0.1) is 12.7 Å². The predicted octanol–water partition coefficient (Wildman–Crippen LogP) is 4.73. The fourth-order valence-corrected chi connectivity index (χ4v) is 5.27. The number of benzene rings is 2. The second kappa shape index (κ2) is 10.2. The van der Waals surface area contributed by atoms with Crippen LogP contribution in [0.3, 0.4) is 0 Å². The van der Waals surface area contributed by atoms with E-state index in [4.69, 9.17) is 9.47 Å². The topological polar surface area (TPSA) is 74.4 Å². The molecule has 194 valence electrons. The molecule has 1 aliphatic heterocycles. The van der Waals surface area contributed by atoms with Crippen molar-refractivity contribution in [1.29, 1.82) is 0 Å². The van der Waals surface area contributed by atoms with Gasteiger partial charge in [-0.2, -0.15) is 0 Å². The van der Waals surface area contributed by atoms with Crippen molar-refractivity contribution in [2.45, 2.75) is 52.3 Å². The molecule has 1 saturated heterocycles. The van der Waals surface area contributed by atoms with Gasteiger partial charge in [-0.05, 0) is 57.4 Å². The van der Waals surface area contributed by atoms with Gasteiger partial charge in [0.25, 0.3) is 0 Å². The number of hydrogen-bond donors (Lipinski definition) is 0. The summed E-state index contributed by atoms with van der Waals surface area (Å²) in [4.78, 5) is 24.9. The molecule has 8 nitrogen and oxygen atoms in total. The van der Waals surface area contributed by atoms with Crippen LogP contribution < -0.4 is 20.1 Å². The number of aryl methyl sites for hydroxylation is 1. The van der Waals surface area contributed by atoms with Crippen molar-refractivity contribution >= 4 is 16.7 Å². The highest BCUT2D eigenvalue weighted by molar-refractivity contribution is 5.83. The minimum absolute atomic E-state index is 0.0278. The smallest absolute Gasteiger partial charge is 0.329 e. The van der Waals surface area contributed by atoms with Gasteiger partial charge in [-0.1, -0.05) is 18.2 Å². The first kappa shape index (κ1) is 24.8. The molecular formula is C28H32FN5O3. The van der Waals surface area contributed by atoms with Gasteiger partial charge in [-0.3, -0.25) is 14.1 Å². The first-order chi connectivity index (χ1) is 17.9. The number of rotatable bonds is 7. The van der Waals surface area contributed by atoms with E-state index in [2.05, 4.69) is 14.9 Å². The summed E-state index contributed by atoms with van der Waals surface area (Å²) >= 11 is 0. The van der Waals surface area contributed by atoms with Gasteiger partial charge in [0, 0.05) is 31.5 Å². The van der Waals surface area contributed by atoms with E-state index in [1.807, 2.05) is 49.6 Å². The number of imidazole rings is 1. The highest BCUT2D eigenvalue weighted by atomic mass is 19.1. The molecular weight excluding hydrogens is 473 g/mol. The first-order valence-electron chi connectivity index (χ1n) is 12.6. The Bertz CT molecular complexity index is 1450. The van der Waals surface area contributed by atoms with Crippen LogP contribution in [0.1, 0.15) is 44.0 Å². The van der Waals surface area contributed by atoms with Crippen molar-refractivity contribution in [2.75, 3.05) is 25.1 Å². The Morgan fingerprint density at radius 2 is 1.81 bits per heavy atom. The number of para-hydroxylation sites is 2. The van der Waals surface area contributed by atoms with E-state index in [0.717, 1.165) is 23.9 Å². The molecule has 5 rings (SSSR count). The van der Waals surface area contributed by atoms with E-state index in [9.17, 15) is 9.18 Å². The molecule has 0 bridgehead atoms. The van der Waals surface area contributed by atoms with Gasteiger partial charge in [-0.15, -0.1) is 0 Å². The number of hydrogen-bond acceptors (Lipinski definition) is 6. The van der Waals surface area contributed by atoms with Gasteiger partial charge in [0.2, 0.25) is 5.88 Å². The minimum Gasteiger partial charge on any atom is -0.494 e. The number of aromatic nitrogens is 4. The molecule has 9 heteroatoms. The van der Waals surface area contributed by atoms with Crippen molar-refractivity contribution in [3.05, 3.63) is 76.4 Å². The third-order valence-electron chi connectivity index (χ3n) is 6.89. The van der Waals surface area contributed by atoms with Crippen molar-refractivity contribution in [3.8, 4) is 11.6 Å². The molecule has 37 heavy (non-hydrogen) atoms.